The molecular formula is C14H13N3O2S. The van der Waals surface area contributed by atoms with Crippen LogP contribution in [0.1, 0.15) is 34.8 Å². The lowest BCUT2D eigenvalue weighted by atomic mass is 10.1. The third-order valence-corrected chi connectivity index (χ3v) is 4.16. The van der Waals surface area contributed by atoms with Gasteiger partial charge in [-0.2, -0.15) is 0 Å². The van der Waals surface area contributed by atoms with Crippen LogP contribution in [0.2, 0.25) is 0 Å². The lowest BCUT2D eigenvalue weighted by molar-refractivity contribution is 0.0698. The molecule has 0 spiro atoms. The molecular weight excluding hydrogens is 274 g/mol. The fourth-order valence-corrected chi connectivity index (χ4v) is 3.21. The smallest absolute Gasteiger partial charge is 0.337 e. The van der Waals surface area contributed by atoms with Crippen LogP contribution < -0.4 is 0 Å². The molecule has 0 aliphatic carbocycles. The van der Waals surface area contributed by atoms with E-state index in [1.54, 1.807) is 36.0 Å². The molecule has 0 fully saturated rings. The van der Waals surface area contributed by atoms with Gasteiger partial charge in [0, 0.05) is 11.6 Å². The van der Waals surface area contributed by atoms with Gasteiger partial charge in [-0.1, -0.05) is 13.0 Å². The maximum Gasteiger partial charge on any atom is 0.337 e. The van der Waals surface area contributed by atoms with Gasteiger partial charge in [-0.25, -0.2) is 14.8 Å². The minimum absolute atomic E-state index is 0.0144. The summed E-state index contributed by atoms with van der Waals surface area (Å²) < 4.78 is 1.91. The first-order valence-corrected chi connectivity index (χ1v) is 7.18. The molecule has 3 aromatic rings. The molecule has 1 unspecified atom stereocenters. The van der Waals surface area contributed by atoms with Gasteiger partial charge in [0.1, 0.15) is 5.01 Å². The monoisotopic (exact) mass is 287 g/mol. The molecule has 2 aromatic heterocycles. The van der Waals surface area contributed by atoms with Gasteiger partial charge in [0.2, 0.25) is 0 Å². The number of hydrogen-bond acceptors (Lipinski definition) is 4. The number of aromatic carboxylic acids is 1. The fourth-order valence-electron chi connectivity index (χ4n) is 2.39. The van der Waals surface area contributed by atoms with Crippen LogP contribution in [0.25, 0.3) is 11.0 Å². The van der Waals surface area contributed by atoms with E-state index < -0.39 is 5.97 Å². The number of thiazole rings is 1. The van der Waals surface area contributed by atoms with Crippen LogP contribution in [-0.4, -0.2) is 25.6 Å². The van der Waals surface area contributed by atoms with Crippen molar-refractivity contribution in [2.45, 2.75) is 19.4 Å². The average Bonchev–Trinajstić information content (AvgIpc) is 3.09. The number of imidazole rings is 1. The molecule has 0 aliphatic heterocycles. The van der Waals surface area contributed by atoms with Gasteiger partial charge in [-0.3, -0.25) is 0 Å². The number of nitrogens with zero attached hydrogens (tertiary/aromatic N) is 3. The number of fused-ring (bicyclic) bond motifs is 1. The Hall–Kier alpha value is -2.21. The average molecular weight is 287 g/mol. The molecule has 6 heteroatoms. The van der Waals surface area contributed by atoms with Gasteiger partial charge in [-0.15, -0.1) is 11.3 Å². The Morgan fingerprint density at radius 1 is 1.45 bits per heavy atom. The Morgan fingerprint density at radius 3 is 2.95 bits per heavy atom. The lowest BCUT2D eigenvalue weighted by Gasteiger charge is -2.15. The molecule has 3 rings (SSSR count). The number of carboxylic acids is 1. The summed E-state index contributed by atoms with van der Waals surface area (Å²) in [6.45, 7) is 2.06. The van der Waals surface area contributed by atoms with Crippen molar-refractivity contribution in [3.8, 4) is 0 Å². The summed E-state index contributed by atoms with van der Waals surface area (Å²) >= 11 is 1.57. The minimum Gasteiger partial charge on any atom is -0.478 e. The zero-order valence-corrected chi connectivity index (χ0v) is 11.7. The van der Waals surface area contributed by atoms with E-state index in [1.165, 1.54) is 0 Å². The maximum absolute atomic E-state index is 11.4. The number of rotatable bonds is 4. The summed E-state index contributed by atoms with van der Waals surface area (Å²) in [6, 6.07) is 5.16. The first-order chi connectivity index (χ1) is 9.72. The number of carbonyl (C=O) groups is 1. The number of hydrogen-bond donors (Lipinski definition) is 1. The topological polar surface area (TPSA) is 68.0 Å². The number of para-hydroxylation sites is 1. The second-order valence-electron chi connectivity index (χ2n) is 4.42. The summed E-state index contributed by atoms with van der Waals surface area (Å²) in [6.07, 6.45) is 4.29. The third kappa shape index (κ3) is 1.98. The molecule has 0 radical (unpaired) electrons. The molecule has 2 heterocycles. The van der Waals surface area contributed by atoms with E-state index in [-0.39, 0.29) is 11.6 Å². The zero-order valence-electron chi connectivity index (χ0n) is 10.9. The molecule has 0 amide bonds. The minimum atomic E-state index is -0.939. The lowest BCUT2D eigenvalue weighted by Crippen LogP contribution is -2.10. The van der Waals surface area contributed by atoms with Gasteiger partial charge in [-0.05, 0) is 18.6 Å². The Bertz CT molecular complexity index is 749. The van der Waals surface area contributed by atoms with Crippen molar-refractivity contribution in [2.75, 3.05) is 0 Å². The van der Waals surface area contributed by atoms with Crippen molar-refractivity contribution in [1.29, 1.82) is 0 Å². The standard InChI is InChI=1S/C14H13N3O2S/c1-2-11(13-15-6-7-20-13)17-8-16-10-5-3-4-9(12(10)17)14(18)19/h3-8,11H,2H2,1H3,(H,18,19). The molecule has 5 nitrogen and oxygen atoms in total. The molecule has 0 aliphatic rings. The predicted octanol–water partition coefficient (Wildman–Crippen LogP) is 3.19. The zero-order chi connectivity index (χ0) is 14.1. The van der Waals surface area contributed by atoms with Crippen LogP contribution in [0.3, 0.4) is 0 Å². The summed E-state index contributed by atoms with van der Waals surface area (Å²) in [5, 5.41) is 12.2. The molecule has 0 saturated heterocycles. The van der Waals surface area contributed by atoms with Gasteiger partial charge < -0.3 is 9.67 Å². The Balaban J connectivity index is 2.23. The third-order valence-electron chi connectivity index (χ3n) is 3.28. The van der Waals surface area contributed by atoms with Crippen LogP contribution >= 0.6 is 11.3 Å². The van der Waals surface area contributed by atoms with Crippen molar-refractivity contribution in [3.05, 3.63) is 46.7 Å². The van der Waals surface area contributed by atoms with Crippen molar-refractivity contribution in [1.82, 2.24) is 14.5 Å². The van der Waals surface area contributed by atoms with Crippen molar-refractivity contribution >= 4 is 28.3 Å². The molecule has 102 valence electrons. The van der Waals surface area contributed by atoms with E-state index in [9.17, 15) is 9.90 Å². The molecule has 1 aromatic carbocycles. The van der Waals surface area contributed by atoms with Crippen molar-refractivity contribution in [3.63, 3.8) is 0 Å². The summed E-state index contributed by atoms with van der Waals surface area (Å²) in [4.78, 5) is 20.1. The highest BCUT2D eigenvalue weighted by molar-refractivity contribution is 7.09. The van der Waals surface area contributed by atoms with E-state index in [4.69, 9.17) is 0 Å². The number of benzene rings is 1. The quantitative estimate of drug-likeness (QED) is 0.800. The van der Waals surface area contributed by atoms with E-state index >= 15 is 0 Å². The van der Waals surface area contributed by atoms with Gasteiger partial charge in [0.05, 0.1) is 29.0 Å². The predicted molar refractivity (Wildman–Crippen MR) is 77.2 cm³/mol. The SMILES string of the molecule is CCC(c1nccs1)n1cnc2cccc(C(=O)O)c21. The second kappa shape index (κ2) is 5.05. The number of aromatic nitrogens is 3. The molecule has 0 bridgehead atoms. The van der Waals surface area contributed by atoms with Crippen LogP contribution in [-0.2, 0) is 0 Å². The van der Waals surface area contributed by atoms with Crippen LogP contribution in [0.5, 0.6) is 0 Å². The van der Waals surface area contributed by atoms with Gasteiger partial charge in [0.15, 0.2) is 0 Å². The van der Waals surface area contributed by atoms with E-state index in [0.717, 1.165) is 11.4 Å². The highest BCUT2D eigenvalue weighted by Crippen LogP contribution is 2.29. The van der Waals surface area contributed by atoms with Crippen molar-refractivity contribution in [2.24, 2.45) is 0 Å². The Kier molecular flexibility index (Phi) is 3.23. The van der Waals surface area contributed by atoms with Crippen LogP contribution in [0, 0.1) is 0 Å². The molecule has 0 saturated carbocycles. The first kappa shape index (κ1) is 12.8. The highest BCUT2D eigenvalue weighted by Gasteiger charge is 2.20. The Labute approximate surface area is 119 Å². The fraction of sp³-hybridized carbons (Fsp3) is 0.214. The molecule has 1 atom stereocenters. The number of carboxylic acid groups (broad SMARTS) is 1. The Morgan fingerprint density at radius 2 is 2.30 bits per heavy atom. The second-order valence-corrected chi connectivity index (χ2v) is 5.35. The first-order valence-electron chi connectivity index (χ1n) is 6.30. The van der Waals surface area contributed by atoms with Gasteiger partial charge in [0.25, 0.3) is 0 Å². The van der Waals surface area contributed by atoms with E-state index in [0.29, 0.717) is 11.0 Å². The molecule has 20 heavy (non-hydrogen) atoms. The van der Waals surface area contributed by atoms with Crippen molar-refractivity contribution < 1.29 is 9.90 Å². The maximum atomic E-state index is 11.4. The van der Waals surface area contributed by atoms with E-state index in [1.807, 2.05) is 16.0 Å². The van der Waals surface area contributed by atoms with Gasteiger partial charge >= 0.3 is 5.97 Å². The molecule has 1 N–H and O–H groups in total. The normalized spacial score (nSPS) is 12.7. The largest absolute Gasteiger partial charge is 0.478 e. The summed E-state index contributed by atoms with van der Waals surface area (Å²) in [5.74, 6) is -0.939. The highest BCUT2D eigenvalue weighted by atomic mass is 32.1. The van der Waals surface area contributed by atoms with Crippen LogP contribution in [0.4, 0.5) is 0 Å². The summed E-state index contributed by atoms with van der Waals surface area (Å²) in [7, 11) is 0. The van der Waals surface area contributed by atoms with E-state index in [2.05, 4.69) is 16.9 Å². The van der Waals surface area contributed by atoms with Crippen LogP contribution in [0.15, 0.2) is 36.1 Å². The summed E-state index contributed by atoms with van der Waals surface area (Å²) in [5.41, 5.74) is 1.62.